The van der Waals surface area contributed by atoms with Crippen LogP contribution in [0.4, 0.5) is 5.69 Å². The first-order chi connectivity index (χ1) is 12.8. The summed E-state index contributed by atoms with van der Waals surface area (Å²) in [4.78, 5) is 13.6. The number of carbonyl (C=O) groups is 1. The SMILES string of the molecule is Cc1ccc(OC[C@H](C)NS(=O)(=O)c2ccc(N3CCCC3=O)cc2)cc1. The molecule has 6 nitrogen and oxygen atoms in total. The minimum absolute atomic E-state index is 0.0746. The van der Waals surface area contributed by atoms with Crippen molar-refractivity contribution >= 4 is 21.6 Å². The Morgan fingerprint density at radius 1 is 1.11 bits per heavy atom. The summed E-state index contributed by atoms with van der Waals surface area (Å²) >= 11 is 0. The van der Waals surface area contributed by atoms with Crippen LogP contribution in [-0.4, -0.2) is 33.5 Å². The normalized spacial score (nSPS) is 15.8. The number of nitrogens with one attached hydrogen (secondary N) is 1. The molecule has 0 saturated carbocycles. The molecule has 0 aromatic heterocycles. The fourth-order valence-corrected chi connectivity index (χ4v) is 4.18. The van der Waals surface area contributed by atoms with Crippen LogP contribution in [0.3, 0.4) is 0 Å². The third kappa shape index (κ3) is 4.87. The Bertz CT molecular complexity index is 893. The molecule has 27 heavy (non-hydrogen) atoms. The van der Waals surface area contributed by atoms with Gasteiger partial charge in [0.2, 0.25) is 15.9 Å². The zero-order chi connectivity index (χ0) is 19.4. The monoisotopic (exact) mass is 388 g/mol. The molecule has 1 fully saturated rings. The van der Waals surface area contributed by atoms with Crippen molar-refractivity contribution in [3.05, 3.63) is 54.1 Å². The maximum atomic E-state index is 12.5. The lowest BCUT2D eigenvalue weighted by Gasteiger charge is -2.17. The number of nitrogens with zero attached hydrogens (tertiary/aromatic N) is 1. The molecule has 1 aliphatic rings. The summed E-state index contributed by atoms with van der Waals surface area (Å²) < 4.78 is 33.3. The highest BCUT2D eigenvalue weighted by molar-refractivity contribution is 7.89. The standard InChI is InChI=1S/C20H24N2O4S/c1-15-5-9-18(10-6-15)26-14-16(2)21-27(24,25)19-11-7-17(8-12-19)22-13-3-4-20(22)23/h5-12,16,21H,3-4,13-14H2,1-2H3/t16-/m0/s1. The molecule has 1 N–H and O–H groups in total. The van der Waals surface area contributed by atoms with Crippen LogP contribution in [0.15, 0.2) is 53.4 Å². The van der Waals surface area contributed by atoms with E-state index >= 15 is 0 Å². The first-order valence-electron chi connectivity index (χ1n) is 8.97. The van der Waals surface area contributed by atoms with Gasteiger partial charge in [-0.25, -0.2) is 13.1 Å². The van der Waals surface area contributed by atoms with Crippen molar-refractivity contribution in [3.63, 3.8) is 0 Å². The lowest BCUT2D eigenvalue weighted by molar-refractivity contribution is -0.117. The Morgan fingerprint density at radius 3 is 2.37 bits per heavy atom. The molecule has 2 aromatic carbocycles. The molecule has 7 heteroatoms. The van der Waals surface area contributed by atoms with E-state index in [1.165, 1.54) is 12.1 Å². The second kappa shape index (κ2) is 8.10. The summed E-state index contributed by atoms with van der Waals surface area (Å²) in [6.45, 7) is 4.65. The molecule has 0 radical (unpaired) electrons. The van der Waals surface area contributed by atoms with E-state index in [1.54, 1.807) is 24.0 Å². The summed E-state index contributed by atoms with van der Waals surface area (Å²) in [5.41, 5.74) is 1.86. The number of sulfonamides is 1. The predicted octanol–water partition coefficient (Wildman–Crippen LogP) is 2.87. The van der Waals surface area contributed by atoms with Crippen LogP contribution in [0.5, 0.6) is 5.75 Å². The fraction of sp³-hybridized carbons (Fsp3) is 0.350. The molecule has 1 heterocycles. The van der Waals surface area contributed by atoms with E-state index in [0.29, 0.717) is 18.7 Å². The Kier molecular flexibility index (Phi) is 5.82. The number of benzene rings is 2. The number of carbonyl (C=O) groups excluding carboxylic acids is 1. The van der Waals surface area contributed by atoms with Gasteiger partial charge in [0.15, 0.2) is 0 Å². The third-order valence-corrected chi connectivity index (χ3v) is 6.01. The van der Waals surface area contributed by atoms with Crippen molar-refractivity contribution < 1.29 is 17.9 Å². The van der Waals surface area contributed by atoms with E-state index < -0.39 is 16.1 Å². The highest BCUT2D eigenvalue weighted by Crippen LogP contribution is 2.23. The van der Waals surface area contributed by atoms with Crippen LogP contribution in [0, 0.1) is 6.92 Å². The van der Waals surface area contributed by atoms with Crippen molar-refractivity contribution in [2.24, 2.45) is 0 Å². The van der Waals surface area contributed by atoms with Gasteiger partial charge in [0.05, 0.1) is 10.9 Å². The molecule has 0 bridgehead atoms. The molecule has 1 atom stereocenters. The molecule has 144 valence electrons. The topological polar surface area (TPSA) is 75.7 Å². The van der Waals surface area contributed by atoms with Gasteiger partial charge in [0.25, 0.3) is 0 Å². The fourth-order valence-electron chi connectivity index (χ4n) is 2.95. The van der Waals surface area contributed by atoms with E-state index in [1.807, 2.05) is 31.2 Å². The van der Waals surface area contributed by atoms with Crippen LogP contribution < -0.4 is 14.4 Å². The molecule has 0 unspecified atom stereocenters. The smallest absolute Gasteiger partial charge is 0.240 e. The Labute approximate surface area is 160 Å². The second-order valence-electron chi connectivity index (χ2n) is 6.79. The van der Waals surface area contributed by atoms with E-state index in [2.05, 4.69) is 4.72 Å². The first-order valence-corrected chi connectivity index (χ1v) is 10.5. The number of ether oxygens (including phenoxy) is 1. The van der Waals surface area contributed by atoms with Gasteiger partial charge in [0.1, 0.15) is 12.4 Å². The number of aryl methyl sites for hydroxylation is 1. The van der Waals surface area contributed by atoms with Gasteiger partial charge in [-0.15, -0.1) is 0 Å². The average Bonchev–Trinajstić information content (AvgIpc) is 3.07. The predicted molar refractivity (Wildman–Crippen MR) is 104 cm³/mol. The van der Waals surface area contributed by atoms with Crippen LogP contribution in [0.2, 0.25) is 0 Å². The molecule has 1 amide bonds. The molecule has 1 aliphatic heterocycles. The Balaban J connectivity index is 1.60. The van der Waals surface area contributed by atoms with Gasteiger partial charge in [-0.3, -0.25) is 4.79 Å². The van der Waals surface area contributed by atoms with Crippen LogP contribution in [0.1, 0.15) is 25.3 Å². The van der Waals surface area contributed by atoms with E-state index in [0.717, 1.165) is 17.7 Å². The zero-order valence-corrected chi connectivity index (χ0v) is 16.3. The zero-order valence-electron chi connectivity index (χ0n) is 15.5. The highest BCUT2D eigenvalue weighted by atomic mass is 32.2. The minimum atomic E-state index is -3.66. The van der Waals surface area contributed by atoms with Gasteiger partial charge in [-0.1, -0.05) is 17.7 Å². The molecule has 1 saturated heterocycles. The molecule has 2 aromatic rings. The lowest BCUT2D eigenvalue weighted by atomic mass is 10.2. The largest absolute Gasteiger partial charge is 0.492 e. The summed E-state index contributed by atoms with van der Waals surface area (Å²) in [5.74, 6) is 0.775. The van der Waals surface area contributed by atoms with Crippen molar-refractivity contribution in [1.29, 1.82) is 0 Å². The summed E-state index contributed by atoms with van der Waals surface area (Å²) in [7, 11) is -3.66. The number of hydrogen-bond acceptors (Lipinski definition) is 4. The highest BCUT2D eigenvalue weighted by Gasteiger charge is 2.23. The first kappa shape index (κ1) is 19.4. The quantitative estimate of drug-likeness (QED) is 0.791. The molecule has 0 spiro atoms. The minimum Gasteiger partial charge on any atom is -0.492 e. The third-order valence-electron chi connectivity index (χ3n) is 4.41. The van der Waals surface area contributed by atoms with Gasteiger partial charge < -0.3 is 9.64 Å². The maximum absolute atomic E-state index is 12.5. The van der Waals surface area contributed by atoms with E-state index in [9.17, 15) is 13.2 Å². The second-order valence-corrected chi connectivity index (χ2v) is 8.50. The summed E-state index contributed by atoms with van der Waals surface area (Å²) in [5, 5.41) is 0. The number of anilines is 1. The van der Waals surface area contributed by atoms with E-state index in [4.69, 9.17) is 4.74 Å². The summed E-state index contributed by atoms with van der Waals surface area (Å²) in [6.07, 6.45) is 1.37. The average molecular weight is 388 g/mol. The Morgan fingerprint density at radius 2 is 1.78 bits per heavy atom. The molecule has 3 rings (SSSR count). The van der Waals surface area contributed by atoms with Gasteiger partial charge in [0, 0.05) is 18.7 Å². The lowest BCUT2D eigenvalue weighted by Crippen LogP contribution is -2.36. The molecule has 0 aliphatic carbocycles. The molecular formula is C20H24N2O4S. The van der Waals surface area contributed by atoms with Gasteiger partial charge in [-0.05, 0) is 56.7 Å². The van der Waals surface area contributed by atoms with Crippen LogP contribution in [-0.2, 0) is 14.8 Å². The summed E-state index contributed by atoms with van der Waals surface area (Å²) in [6, 6.07) is 13.6. The van der Waals surface area contributed by atoms with Crippen molar-refractivity contribution in [2.75, 3.05) is 18.1 Å². The molecular weight excluding hydrogens is 364 g/mol. The van der Waals surface area contributed by atoms with E-state index in [-0.39, 0.29) is 17.4 Å². The number of amides is 1. The maximum Gasteiger partial charge on any atom is 0.240 e. The van der Waals surface area contributed by atoms with Crippen molar-refractivity contribution in [3.8, 4) is 5.75 Å². The number of hydrogen-bond donors (Lipinski definition) is 1. The number of rotatable bonds is 7. The van der Waals surface area contributed by atoms with Crippen LogP contribution in [0.25, 0.3) is 0 Å². The van der Waals surface area contributed by atoms with Crippen molar-refractivity contribution in [2.45, 2.75) is 37.6 Å². The van der Waals surface area contributed by atoms with Crippen LogP contribution >= 0.6 is 0 Å². The Hall–Kier alpha value is -2.38. The van der Waals surface area contributed by atoms with Gasteiger partial charge >= 0.3 is 0 Å². The van der Waals surface area contributed by atoms with Gasteiger partial charge in [-0.2, -0.15) is 0 Å². The van der Waals surface area contributed by atoms with Crippen molar-refractivity contribution in [1.82, 2.24) is 4.72 Å².